The zero-order valence-corrected chi connectivity index (χ0v) is 11.8. The molecule has 9 nitrogen and oxygen atoms in total. The van der Waals surface area contributed by atoms with Gasteiger partial charge in [-0.2, -0.15) is 5.10 Å². The van der Waals surface area contributed by atoms with E-state index in [1.165, 1.54) is 7.11 Å². The molecule has 1 aromatic heterocycles. The first-order chi connectivity index (χ1) is 9.42. The number of H-pyrrole nitrogens is 1. The summed E-state index contributed by atoms with van der Waals surface area (Å²) < 4.78 is 35.2. The monoisotopic (exact) mass is 305 g/mol. The first kappa shape index (κ1) is 16.1. The van der Waals surface area contributed by atoms with Gasteiger partial charge in [0.05, 0.1) is 26.3 Å². The predicted octanol–water partition coefficient (Wildman–Crippen LogP) is -0.572. The molecule has 0 aliphatic rings. The van der Waals surface area contributed by atoms with Crippen LogP contribution < -0.4 is 4.72 Å². The van der Waals surface area contributed by atoms with Gasteiger partial charge in [-0.25, -0.2) is 17.9 Å². The third-order valence-electron chi connectivity index (χ3n) is 2.22. The van der Waals surface area contributed by atoms with E-state index in [1.54, 1.807) is 6.92 Å². The Morgan fingerprint density at radius 1 is 1.45 bits per heavy atom. The summed E-state index contributed by atoms with van der Waals surface area (Å²) in [5.74, 6) is -1.35. The lowest BCUT2D eigenvalue weighted by Gasteiger charge is -2.06. The van der Waals surface area contributed by atoms with E-state index in [0.717, 1.165) is 6.20 Å². The second-order valence-electron chi connectivity index (χ2n) is 3.56. The second-order valence-corrected chi connectivity index (χ2v) is 5.26. The van der Waals surface area contributed by atoms with E-state index in [9.17, 15) is 18.0 Å². The van der Waals surface area contributed by atoms with Crippen LogP contribution in [0.25, 0.3) is 0 Å². The molecule has 0 aromatic carbocycles. The van der Waals surface area contributed by atoms with E-state index in [-0.39, 0.29) is 25.1 Å². The van der Waals surface area contributed by atoms with Crippen LogP contribution in [0.15, 0.2) is 11.2 Å². The highest BCUT2D eigenvalue weighted by molar-refractivity contribution is 7.89. The molecule has 1 rings (SSSR count). The van der Waals surface area contributed by atoms with Crippen molar-refractivity contribution in [1.29, 1.82) is 0 Å². The minimum atomic E-state index is -3.99. The topological polar surface area (TPSA) is 127 Å². The lowest BCUT2D eigenvalue weighted by Crippen LogP contribution is -2.28. The highest BCUT2D eigenvalue weighted by Crippen LogP contribution is 2.12. The normalized spacial score (nSPS) is 11.1. The second kappa shape index (κ2) is 7.01. The van der Waals surface area contributed by atoms with E-state index < -0.39 is 27.0 Å². The number of sulfonamides is 1. The van der Waals surface area contributed by atoms with Crippen molar-refractivity contribution >= 4 is 22.0 Å². The molecule has 0 aliphatic carbocycles. The fourth-order valence-electron chi connectivity index (χ4n) is 1.30. The number of hydrogen-bond acceptors (Lipinski definition) is 7. The summed E-state index contributed by atoms with van der Waals surface area (Å²) in [5, 5.41) is 5.33. The summed E-state index contributed by atoms with van der Waals surface area (Å²) >= 11 is 0. The zero-order valence-electron chi connectivity index (χ0n) is 11.0. The minimum Gasteiger partial charge on any atom is -0.469 e. The van der Waals surface area contributed by atoms with Gasteiger partial charge in [0, 0.05) is 6.54 Å². The largest absolute Gasteiger partial charge is 0.469 e. The van der Waals surface area contributed by atoms with Crippen LogP contribution >= 0.6 is 0 Å². The Morgan fingerprint density at radius 3 is 2.75 bits per heavy atom. The number of carbonyl (C=O) groups is 2. The van der Waals surface area contributed by atoms with Gasteiger partial charge < -0.3 is 9.47 Å². The van der Waals surface area contributed by atoms with Crippen LogP contribution in [0.4, 0.5) is 0 Å². The molecule has 112 valence electrons. The molecule has 20 heavy (non-hydrogen) atoms. The first-order valence-corrected chi connectivity index (χ1v) is 7.17. The number of nitrogens with one attached hydrogen (secondary N) is 2. The zero-order chi connectivity index (χ0) is 15.2. The number of ether oxygens (including phenoxy) is 2. The summed E-state index contributed by atoms with van der Waals surface area (Å²) in [6, 6.07) is 0. The quantitative estimate of drug-likeness (QED) is 0.645. The Labute approximate surface area is 115 Å². The number of nitrogens with zero attached hydrogens (tertiary/aromatic N) is 1. The third kappa shape index (κ3) is 4.03. The smallest absolute Gasteiger partial charge is 0.342 e. The van der Waals surface area contributed by atoms with Gasteiger partial charge in [-0.3, -0.25) is 9.89 Å². The molecule has 1 aromatic rings. The lowest BCUT2D eigenvalue weighted by molar-refractivity contribution is -0.140. The molecule has 2 N–H and O–H groups in total. The number of methoxy groups -OCH3 is 1. The molecular weight excluding hydrogens is 290 g/mol. The van der Waals surface area contributed by atoms with Crippen molar-refractivity contribution in [2.45, 2.75) is 18.4 Å². The highest BCUT2D eigenvalue weighted by Gasteiger charge is 2.25. The van der Waals surface area contributed by atoms with Crippen molar-refractivity contribution in [1.82, 2.24) is 14.9 Å². The van der Waals surface area contributed by atoms with Gasteiger partial charge in [-0.15, -0.1) is 0 Å². The van der Waals surface area contributed by atoms with Crippen molar-refractivity contribution in [2.24, 2.45) is 0 Å². The average Bonchev–Trinajstić information content (AvgIpc) is 2.88. The Kier molecular flexibility index (Phi) is 5.65. The number of carbonyl (C=O) groups excluding carboxylic acids is 2. The van der Waals surface area contributed by atoms with Crippen molar-refractivity contribution in [3.8, 4) is 0 Å². The lowest BCUT2D eigenvalue weighted by atomic mass is 10.4. The molecule has 0 atom stereocenters. The molecule has 0 saturated heterocycles. The fourth-order valence-corrected chi connectivity index (χ4v) is 2.41. The Hall–Kier alpha value is -1.94. The number of hydrogen-bond donors (Lipinski definition) is 2. The molecule has 0 saturated carbocycles. The Bertz CT molecular complexity index is 580. The predicted molar refractivity (Wildman–Crippen MR) is 66.4 cm³/mol. The van der Waals surface area contributed by atoms with Crippen LogP contribution in [0.1, 0.15) is 23.7 Å². The van der Waals surface area contributed by atoms with Crippen molar-refractivity contribution in [3.05, 3.63) is 11.8 Å². The van der Waals surface area contributed by atoms with Gasteiger partial charge in [0.15, 0.2) is 5.03 Å². The standard InChI is InChI=1S/C10H15N3O6S/c1-3-19-10(15)7-6-11-13-9(7)20(16,17)12-5-4-8(14)18-2/h6,12H,3-5H2,1-2H3,(H,11,13). The van der Waals surface area contributed by atoms with E-state index in [0.29, 0.717) is 0 Å². The summed E-state index contributed by atoms with van der Waals surface area (Å²) in [6.45, 7) is 1.55. The molecule has 0 aliphatic heterocycles. The Balaban J connectivity index is 2.80. The van der Waals surface area contributed by atoms with E-state index in [1.807, 2.05) is 0 Å². The third-order valence-corrected chi connectivity index (χ3v) is 3.65. The molecule has 0 amide bonds. The fraction of sp³-hybridized carbons (Fsp3) is 0.500. The van der Waals surface area contributed by atoms with Gasteiger partial charge >= 0.3 is 11.9 Å². The highest BCUT2D eigenvalue weighted by atomic mass is 32.2. The SMILES string of the molecule is CCOC(=O)c1cn[nH]c1S(=O)(=O)NCCC(=O)OC. The molecule has 0 spiro atoms. The van der Waals surface area contributed by atoms with Crippen LogP contribution in [0.2, 0.25) is 0 Å². The number of rotatable bonds is 7. The van der Waals surface area contributed by atoms with Crippen molar-refractivity contribution in [3.63, 3.8) is 0 Å². The van der Waals surface area contributed by atoms with E-state index in [2.05, 4.69) is 19.7 Å². The average molecular weight is 305 g/mol. The summed E-state index contributed by atoms with van der Waals surface area (Å²) in [7, 11) is -2.79. The molecule has 10 heteroatoms. The van der Waals surface area contributed by atoms with Crippen molar-refractivity contribution in [2.75, 3.05) is 20.3 Å². The molecule has 1 heterocycles. The van der Waals surface area contributed by atoms with E-state index in [4.69, 9.17) is 4.74 Å². The number of aromatic amines is 1. The van der Waals surface area contributed by atoms with Crippen LogP contribution in [0, 0.1) is 0 Å². The molecule has 0 fully saturated rings. The maximum atomic E-state index is 12.0. The molecule has 0 unspecified atom stereocenters. The summed E-state index contributed by atoms with van der Waals surface area (Å²) in [5.41, 5.74) is -0.197. The van der Waals surface area contributed by atoms with E-state index >= 15 is 0 Å². The molecular formula is C10H15N3O6S. The van der Waals surface area contributed by atoms with Gasteiger partial charge in [0.1, 0.15) is 5.56 Å². The van der Waals surface area contributed by atoms with Gasteiger partial charge in [0.2, 0.25) is 0 Å². The van der Waals surface area contributed by atoms with Crippen molar-refractivity contribution < 1.29 is 27.5 Å². The van der Waals surface area contributed by atoms with Crippen LogP contribution in [-0.4, -0.2) is 50.8 Å². The number of esters is 2. The maximum absolute atomic E-state index is 12.0. The van der Waals surface area contributed by atoms with Gasteiger partial charge in [-0.05, 0) is 6.92 Å². The molecule has 0 radical (unpaired) electrons. The first-order valence-electron chi connectivity index (χ1n) is 5.69. The summed E-state index contributed by atoms with van der Waals surface area (Å²) in [6.07, 6.45) is 0.936. The molecule has 0 bridgehead atoms. The van der Waals surface area contributed by atoms with Crippen LogP contribution in [-0.2, 0) is 24.3 Å². The number of aromatic nitrogens is 2. The Morgan fingerprint density at radius 2 is 2.15 bits per heavy atom. The van der Waals surface area contributed by atoms with Crippen LogP contribution in [0.5, 0.6) is 0 Å². The maximum Gasteiger partial charge on any atom is 0.342 e. The van der Waals surface area contributed by atoms with Crippen LogP contribution in [0.3, 0.4) is 0 Å². The van der Waals surface area contributed by atoms with Gasteiger partial charge in [0.25, 0.3) is 10.0 Å². The summed E-state index contributed by atoms with van der Waals surface area (Å²) in [4.78, 5) is 22.4. The minimum absolute atomic E-state index is 0.110. The van der Waals surface area contributed by atoms with Gasteiger partial charge in [-0.1, -0.05) is 0 Å².